The van der Waals surface area contributed by atoms with Crippen molar-refractivity contribution in [3.63, 3.8) is 0 Å². The minimum atomic E-state index is -1.05. The fourth-order valence-electron chi connectivity index (χ4n) is 1.60. The molecule has 0 amide bonds. The van der Waals surface area contributed by atoms with Gasteiger partial charge in [0.2, 0.25) is 0 Å². The predicted molar refractivity (Wildman–Crippen MR) is 76.6 cm³/mol. The summed E-state index contributed by atoms with van der Waals surface area (Å²) in [4.78, 5) is 22.4. The Kier molecular flexibility index (Phi) is 6.58. The van der Waals surface area contributed by atoms with Crippen molar-refractivity contribution in [3.05, 3.63) is 48.0 Å². The van der Waals surface area contributed by atoms with Crippen LogP contribution in [0.2, 0.25) is 0 Å². The highest BCUT2D eigenvalue weighted by Crippen LogP contribution is 2.12. The Hall–Kier alpha value is -2.18. The first-order valence-corrected chi connectivity index (χ1v) is 6.43. The summed E-state index contributed by atoms with van der Waals surface area (Å²) in [6, 6.07) is 7.68. The van der Waals surface area contributed by atoms with Crippen molar-refractivity contribution in [2.24, 2.45) is 0 Å². The molecule has 0 spiro atoms. The number of carboxylic acid groups (broad SMARTS) is 1. The van der Waals surface area contributed by atoms with Crippen molar-refractivity contribution < 1.29 is 24.5 Å². The largest absolute Gasteiger partial charge is 0.480 e. The van der Waals surface area contributed by atoms with Gasteiger partial charge >= 0.3 is 11.9 Å². The molecule has 114 valence electrons. The number of nitrogens with one attached hydrogen (secondary N) is 1. The first-order valence-electron chi connectivity index (χ1n) is 6.43. The molecule has 0 bridgehead atoms. The van der Waals surface area contributed by atoms with Crippen LogP contribution in [0, 0.1) is 0 Å². The average Bonchev–Trinajstić information content (AvgIpc) is 2.45. The third kappa shape index (κ3) is 5.76. The normalized spacial score (nSPS) is 13.2. The van der Waals surface area contributed by atoms with Gasteiger partial charge in [-0.1, -0.05) is 36.9 Å². The number of aliphatic hydroxyl groups excluding tert-OH is 1. The molecule has 6 heteroatoms. The van der Waals surface area contributed by atoms with E-state index in [-0.39, 0.29) is 18.7 Å². The highest BCUT2D eigenvalue weighted by molar-refractivity contribution is 5.86. The molecule has 0 radical (unpaired) electrons. The van der Waals surface area contributed by atoms with Crippen LogP contribution in [-0.2, 0) is 14.3 Å². The molecule has 2 atom stereocenters. The lowest BCUT2D eigenvalue weighted by atomic mass is 10.1. The zero-order valence-corrected chi connectivity index (χ0v) is 11.8. The average molecular weight is 293 g/mol. The molecule has 0 heterocycles. The van der Waals surface area contributed by atoms with E-state index in [0.29, 0.717) is 5.56 Å². The van der Waals surface area contributed by atoms with Crippen LogP contribution in [0.4, 0.5) is 0 Å². The molecular weight excluding hydrogens is 274 g/mol. The topological polar surface area (TPSA) is 95.9 Å². The summed E-state index contributed by atoms with van der Waals surface area (Å²) in [5, 5.41) is 21.6. The Morgan fingerprint density at radius 3 is 2.48 bits per heavy atom. The minimum Gasteiger partial charge on any atom is -0.480 e. The lowest BCUT2D eigenvalue weighted by molar-refractivity contribution is -0.143. The molecule has 3 N–H and O–H groups in total. The van der Waals surface area contributed by atoms with E-state index in [2.05, 4.69) is 11.9 Å². The summed E-state index contributed by atoms with van der Waals surface area (Å²) in [5.41, 5.74) is 0.819. The third-order valence-electron chi connectivity index (χ3n) is 2.69. The molecule has 1 aromatic carbocycles. The van der Waals surface area contributed by atoms with Gasteiger partial charge in [0.1, 0.15) is 18.8 Å². The number of carbonyl (C=O) groups excluding carboxylic acids is 1. The number of esters is 1. The van der Waals surface area contributed by atoms with E-state index in [9.17, 15) is 19.8 Å². The van der Waals surface area contributed by atoms with E-state index in [0.717, 1.165) is 0 Å². The number of hydrogen-bond acceptors (Lipinski definition) is 5. The van der Waals surface area contributed by atoms with E-state index < -0.39 is 24.1 Å². The van der Waals surface area contributed by atoms with Crippen molar-refractivity contribution in [3.8, 4) is 0 Å². The van der Waals surface area contributed by atoms with Gasteiger partial charge in [0.15, 0.2) is 0 Å². The molecule has 1 aromatic rings. The summed E-state index contributed by atoms with van der Waals surface area (Å²) in [7, 11) is 0. The second kappa shape index (κ2) is 8.18. The maximum Gasteiger partial charge on any atom is 0.333 e. The van der Waals surface area contributed by atoms with Crippen LogP contribution in [0.15, 0.2) is 42.5 Å². The van der Waals surface area contributed by atoms with Gasteiger partial charge in [-0.2, -0.15) is 0 Å². The summed E-state index contributed by atoms with van der Waals surface area (Å²) in [5.74, 6) is -1.64. The number of hydrogen-bond donors (Lipinski definition) is 3. The Morgan fingerprint density at radius 2 is 1.95 bits per heavy atom. The van der Waals surface area contributed by atoms with Gasteiger partial charge in [-0.3, -0.25) is 10.1 Å². The van der Waals surface area contributed by atoms with E-state index in [1.165, 1.54) is 6.92 Å². The summed E-state index contributed by atoms with van der Waals surface area (Å²) >= 11 is 0. The lowest BCUT2D eigenvalue weighted by Crippen LogP contribution is -2.36. The van der Waals surface area contributed by atoms with Crippen LogP contribution in [0.3, 0.4) is 0 Å². The number of rotatable bonds is 8. The maximum absolute atomic E-state index is 11.2. The van der Waals surface area contributed by atoms with Gasteiger partial charge in [-0.05, 0) is 12.5 Å². The van der Waals surface area contributed by atoms with Gasteiger partial charge in [-0.25, -0.2) is 4.79 Å². The van der Waals surface area contributed by atoms with E-state index in [1.54, 1.807) is 30.3 Å². The molecule has 6 nitrogen and oxygen atoms in total. The Balaban J connectivity index is 2.49. The van der Waals surface area contributed by atoms with E-state index in [4.69, 9.17) is 4.74 Å². The van der Waals surface area contributed by atoms with Crippen molar-refractivity contribution in [2.45, 2.75) is 19.1 Å². The van der Waals surface area contributed by atoms with Crippen LogP contribution < -0.4 is 5.32 Å². The van der Waals surface area contributed by atoms with Gasteiger partial charge in [0, 0.05) is 12.1 Å². The molecule has 0 fully saturated rings. The Bertz CT molecular complexity index is 500. The number of aliphatic carboxylic acids is 1. The van der Waals surface area contributed by atoms with Crippen LogP contribution in [0.25, 0.3) is 0 Å². The Labute approximate surface area is 123 Å². The van der Waals surface area contributed by atoms with Crippen LogP contribution in [0.1, 0.15) is 18.5 Å². The predicted octanol–water partition coefficient (Wildman–Crippen LogP) is 0.882. The molecule has 0 saturated carbocycles. The van der Waals surface area contributed by atoms with Gasteiger partial charge in [0.05, 0.1) is 0 Å². The molecule has 0 aliphatic rings. The fraction of sp³-hybridized carbons (Fsp3) is 0.333. The van der Waals surface area contributed by atoms with Crippen LogP contribution in [0.5, 0.6) is 0 Å². The van der Waals surface area contributed by atoms with Crippen LogP contribution in [-0.4, -0.2) is 41.4 Å². The molecule has 1 rings (SSSR count). The molecule has 0 aliphatic heterocycles. The number of ether oxygens (including phenoxy) is 1. The van der Waals surface area contributed by atoms with Crippen molar-refractivity contribution in [1.82, 2.24) is 5.32 Å². The molecule has 0 aliphatic carbocycles. The second-order valence-electron chi connectivity index (χ2n) is 4.62. The zero-order chi connectivity index (χ0) is 15.8. The smallest absolute Gasteiger partial charge is 0.333 e. The third-order valence-corrected chi connectivity index (χ3v) is 2.69. The van der Waals surface area contributed by atoms with Crippen molar-refractivity contribution in [2.75, 3.05) is 13.2 Å². The number of carboxylic acids is 1. The molecule has 0 saturated heterocycles. The monoisotopic (exact) mass is 293 g/mol. The number of benzene rings is 1. The fourth-order valence-corrected chi connectivity index (χ4v) is 1.60. The quantitative estimate of drug-likeness (QED) is 0.486. The van der Waals surface area contributed by atoms with Crippen molar-refractivity contribution in [1.29, 1.82) is 0 Å². The zero-order valence-electron chi connectivity index (χ0n) is 11.8. The molecule has 0 aromatic heterocycles. The first kappa shape index (κ1) is 16.9. The first-order chi connectivity index (χ1) is 9.91. The van der Waals surface area contributed by atoms with E-state index >= 15 is 0 Å². The standard InChI is InChI=1S/C15H19NO5/c1-10(2)15(20)21-9-12(17)8-16-13(14(18)19)11-6-4-3-5-7-11/h3-7,12-13,16-17H,1,8-9H2,2H3,(H,18,19). The highest BCUT2D eigenvalue weighted by atomic mass is 16.5. The summed E-state index contributed by atoms with van der Waals surface area (Å²) in [6.45, 7) is 4.68. The van der Waals surface area contributed by atoms with E-state index in [1.807, 2.05) is 0 Å². The molecule has 21 heavy (non-hydrogen) atoms. The van der Waals surface area contributed by atoms with Gasteiger partial charge in [0.25, 0.3) is 0 Å². The second-order valence-corrected chi connectivity index (χ2v) is 4.62. The molecule has 2 unspecified atom stereocenters. The number of aliphatic hydroxyl groups is 1. The summed E-state index contributed by atoms with van der Waals surface area (Å²) < 4.78 is 4.79. The van der Waals surface area contributed by atoms with Crippen LogP contribution >= 0.6 is 0 Å². The van der Waals surface area contributed by atoms with Crippen molar-refractivity contribution >= 4 is 11.9 Å². The van der Waals surface area contributed by atoms with Gasteiger partial charge in [-0.15, -0.1) is 0 Å². The lowest BCUT2D eigenvalue weighted by Gasteiger charge is -2.17. The maximum atomic E-state index is 11.2. The highest BCUT2D eigenvalue weighted by Gasteiger charge is 2.20. The minimum absolute atomic E-state index is 0.0185. The Morgan fingerprint density at radius 1 is 1.33 bits per heavy atom. The SMILES string of the molecule is C=C(C)C(=O)OCC(O)CNC(C(=O)O)c1ccccc1. The van der Waals surface area contributed by atoms with Gasteiger partial charge < -0.3 is 14.9 Å². The summed E-state index contributed by atoms with van der Waals surface area (Å²) in [6.07, 6.45) is -1.00. The number of carbonyl (C=O) groups is 2. The molecular formula is C15H19NO5.